The van der Waals surface area contributed by atoms with E-state index in [1.54, 1.807) is 29.3 Å². The van der Waals surface area contributed by atoms with Crippen LogP contribution in [-0.2, 0) is 16.0 Å². The zero-order valence-corrected chi connectivity index (χ0v) is 20.5. The smallest absolute Gasteiger partial charge is 0.267 e. The molecule has 3 heterocycles. The molecule has 7 nitrogen and oxygen atoms in total. The molecule has 0 aliphatic carbocycles. The van der Waals surface area contributed by atoms with Crippen molar-refractivity contribution >= 4 is 51.7 Å². The average molecular weight is 495 g/mol. The summed E-state index contributed by atoms with van der Waals surface area (Å²) in [5, 5.41) is 3.25. The third-order valence-corrected chi connectivity index (χ3v) is 6.72. The molecule has 2 aromatic heterocycles. The highest BCUT2D eigenvalue weighted by atomic mass is 32.2. The molecule has 1 aliphatic rings. The van der Waals surface area contributed by atoms with Crippen LogP contribution in [0.4, 0.5) is 5.82 Å². The van der Waals surface area contributed by atoms with Gasteiger partial charge in [0.25, 0.3) is 11.5 Å². The first kappa shape index (κ1) is 24.1. The fourth-order valence-electron chi connectivity index (χ4n) is 3.60. The lowest BCUT2D eigenvalue weighted by molar-refractivity contribution is -0.122. The Morgan fingerprint density at radius 3 is 2.74 bits per heavy atom. The van der Waals surface area contributed by atoms with Gasteiger partial charge in [0.2, 0.25) is 0 Å². The standard InChI is InChI=1S/C25H26N4O3S2/c1-2-32-16-8-13-26-22-19(23(30)28-14-7-6-11-21(28)27-22)17-20-24(31)29(25(33)34-20)15-12-18-9-4-3-5-10-18/h3-7,9-11,14,17,26H,2,8,12-13,15-16H2,1H3/b20-17+. The van der Waals surface area contributed by atoms with Crippen LogP contribution in [0.2, 0.25) is 0 Å². The zero-order chi connectivity index (χ0) is 23.9. The van der Waals surface area contributed by atoms with Gasteiger partial charge >= 0.3 is 0 Å². The fourth-order valence-corrected chi connectivity index (χ4v) is 4.89. The van der Waals surface area contributed by atoms with E-state index in [1.165, 1.54) is 16.2 Å². The maximum Gasteiger partial charge on any atom is 0.267 e. The quantitative estimate of drug-likeness (QED) is 0.260. The first-order chi connectivity index (χ1) is 16.6. The summed E-state index contributed by atoms with van der Waals surface area (Å²) in [4.78, 5) is 33.1. The number of thioether (sulfide) groups is 1. The van der Waals surface area contributed by atoms with Gasteiger partial charge in [0.05, 0.1) is 10.5 Å². The molecule has 1 aliphatic heterocycles. The Morgan fingerprint density at radius 1 is 1.15 bits per heavy atom. The Bertz CT molecular complexity index is 1270. The van der Waals surface area contributed by atoms with Crippen molar-refractivity contribution in [2.24, 2.45) is 0 Å². The van der Waals surface area contributed by atoms with Crippen LogP contribution in [0.15, 0.2) is 64.4 Å². The topological polar surface area (TPSA) is 75.9 Å². The van der Waals surface area contributed by atoms with Crippen LogP contribution in [0, 0.1) is 0 Å². The van der Waals surface area contributed by atoms with E-state index in [4.69, 9.17) is 17.0 Å². The van der Waals surface area contributed by atoms with E-state index < -0.39 is 0 Å². The summed E-state index contributed by atoms with van der Waals surface area (Å²) in [6, 6.07) is 15.4. The van der Waals surface area contributed by atoms with Crippen LogP contribution in [0.3, 0.4) is 0 Å². The van der Waals surface area contributed by atoms with Crippen LogP contribution in [0.1, 0.15) is 24.5 Å². The van der Waals surface area contributed by atoms with E-state index in [0.29, 0.717) is 59.0 Å². The number of hydrogen-bond donors (Lipinski definition) is 1. The molecule has 0 radical (unpaired) electrons. The molecule has 0 atom stereocenters. The van der Waals surface area contributed by atoms with Crippen LogP contribution in [0.25, 0.3) is 11.7 Å². The Hall–Kier alpha value is -3.01. The van der Waals surface area contributed by atoms with E-state index in [1.807, 2.05) is 43.3 Å². The minimum atomic E-state index is -0.243. The molecule has 9 heteroatoms. The lowest BCUT2D eigenvalue weighted by atomic mass is 10.1. The number of aromatic nitrogens is 2. The minimum absolute atomic E-state index is 0.189. The van der Waals surface area contributed by atoms with Crippen molar-refractivity contribution in [2.75, 3.05) is 31.6 Å². The maximum absolute atomic E-state index is 13.3. The van der Waals surface area contributed by atoms with Crippen LogP contribution < -0.4 is 10.9 Å². The number of nitrogens with zero attached hydrogens (tertiary/aromatic N) is 3. The van der Waals surface area contributed by atoms with Gasteiger partial charge in [-0.25, -0.2) is 4.98 Å². The highest BCUT2D eigenvalue weighted by Crippen LogP contribution is 2.33. The number of thiocarbonyl (C=S) groups is 1. The Morgan fingerprint density at radius 2 is 1.94 bits per heavy atom. The summed E-state index contributed by atoms with van der Waals surface area (Å²) in [5.74, 6) is 0.257. The third kappa shape index (κ3) is 5.55. The number of benzene rings is 1. The molecule has 1 fully saturated rings. The summed E-state index contributed by atoms with van der Waals surface area (Å²) < 4.78 is 7.36. The predicted octanol–water partition coefficient (Wildman–Crippen LogP) is 3.98. The second-order valence-corrected chi connectivity index (χ2v) is 9.33. The molecule has 1 N–H and O–H groups in total. The van der Waals surface area contributed by atoms with Gasteiger partial charge in [-0.2, -0.15) is 0 Å². The molecule has 1 aromatic carbocycles. The monoisotopic (exact) mass is 494 g/mol. The SMILES string of the molecule is CCOCCCNc1nc2ccccn2c(=O)c1/C=C1/SC(=S)N(CCc2ccccc2)C1=O. The molecule has 0 saturated carbocycles. The van der Waals surface area contributed by atoms with Crippen molar-refractivity contribution in [1.82, 2.24) is 14.3 Å². The molecule has 176 valence electrons. The number of fused-ring (bicyclic) bond motifs is 1. The number of carbonyl (C=O) groups is 1. The zero-order valence-electron chi connectivity index (χ0n) is 18.9. The van der Waals surface area contributed by atoms with Crippen LogP contribution in [-0.4, -0.2) is 50.8 Å². The number of rotatable bonds is 10. The van der Waals surface area contributed by atoms with E-state index in [2.05, 4.69) is 10.3 Å². The van der Waals surface area contributed by atoms with Crippen molar-refractivity contribution in [3.05, 3.63) is 81.1 Å². The summed E-state index contributed by atoms with van der Waals surface area (Å²) in [5.41, 5.74) is 1.76. The molecule has 4 rings (SSSR count). The molecule has 3 aromatic rings. The molecule has 1 amide bonds. The Labute approximate surface area is 207 Å². The van der Waals surface area contributed by atoms with Crippen molar-refractivity contribution in [3.8, 4) is 0 Å². The lowest BCUT2D eigenvalue weighted by Gasteiger charge is -2.14. The van der Waals surface area contributed by atoms with Gasteiger partial charge < -0.3 is 10.1 Å². The number of hydrogen-bond acceptors (Lipinski definition) is 7. The van der Waals surface area contributed by atoms with Gasteiger partial charge in [0.15, 0.2) is 0 Å². The normalized spacial score (nSPS) is 15.0. The molecule has 1 saturated heterocycles. The number of nitrogens with one attached hydrogen (secondary N) is 1. The number of amides is 1. The van der Waals surface area contributed by atoms with Gasteiger partial charge in [-0.05, 0) is 43.5 Å². The number of pyridine rings is 1. The molecule has 34 heavy (non-hydrogen) atoms. The lowest BCUT2D eigenvalue weighted by Crippen LogP contribution is -2.30. The maximum atomic E-state index is 13.3. The van der Waals surface area contributed by atoms with E-state index >= 15 is 0 Å². The highest BCUT2D eigenvalue weighted by molar-refractivity contribution is 8.26. The molecule has 0 unspecified atom stereocenters. The predicted molar refractivity (Wildman–Crippen MR) is 141 cm³/mol. The van der Waals surface area contributed by atoms with Crippen LogP contribution in [0.5, 0.6) is 0 Å². The molecule has 0 spiro atoms. The first-order valence-electron chi connectivity index (χ1n) is 11.2. The van der Waals surface area contributed by atoms with Gasteiger partial charge in [0, 0.05) is 32.5 Å². The largest absolute Gasteiger partial charge is 0.382 e. The highest BCUT2D eigenvalue weighted by Gasteiger charge is 2.32. The third-order valence-electron chi connectivity index (χ3n) is 5.35. The minimum Gasteiger partial charge on any atom is -0.382 e. The number of carbonyl (C=O) groups excluding carboxylic acids is 1. The van der Waals surface area contributed by atoms with Crippen molar-refractivity contribution in [2.45, 2.75) is 19.8 Å². The van der Waals surface area contributed by atoms with Gasteiger partial charge in [-0.15, -0.1) is 0 Å². The van der Waals surface area contributed by atoms with E-state index in [-0.39, 0.29) is 11.5 Å². The summed E-state index contributed by atoms with van der Waals surface area (Å²) >= 11 is 6.69. The summed E-state index contributed by atoms with van der Waals surface area (Å²) in [6.45, 7) is 4.31. The molecule has 0 bridgehead atoms. The van der Waals surface area contributed by atoms with Crippen molar-refractivity contribution < 1.29 is 9.53 Å². The summed E-state index contributed by atoms with van der Waals surface area (Å²) in [7, 11) is 0. The van der Waals surface area contributed by atoms with Gasteiger partial charge in [-0.1, -0.05) is 60.4 Å². The van der Waals surface area contributed by atoms with Gasteiger partial charge in [0.1, 0.15) is 15.8 Å². The van der Waals surface area contributed by atoms with E-state index in [9.17, 15) is 9.59 Å². The van der Waals surface area contributed by atoms with Gasteiger partial charge in [-0.3, -0.25) is 18.9 Å². The first-order valence-corrected chi connectivity index (χ1v) is 12.4. The number of anilines is 1. The number of ether oxygens (including phenoxy) is 1. The fraction of sp³-hybridized carbons (Fsp3) is 0.280. The Balaban J connectivity index is 1.60. The summed E-state index contributed by atoms with van der Waals surface area (Å²) in [6.07, 6.45) is 4.76. The molecular weight excluding hydrogens is 468 g/mol. The van der Waals surface area contributed by atoms with Crippen molar-refractivity contribution in [3.63, 3.8) is 0 Å². The van der Waals surface area contributed by atoms with Crippen molar-refractivity contribution in [1.29, 1.82) is 0 Å². The van der Waals surface area contributed by atoms with E-state index in [0.717, 1.165) is 12.0 Å². The average Bonchev–Trinajstić information content (AvgIpc) is 3.12. The second kappa shape index (κ2) is 11.4. The molecular formula is C25H26N4O3S2. The Kier molecular flexibility index (Phi) is 8.10. The van der Waals surface area contributed by atoms with Crippen LogP contribution >= 0.6 is 24.0 Å². The second-order valence-electron chi connectivity index (χ2n) is 7.65.